The van der Waals surface area contributed by atoms with Crippen molar-refractivity contribution in [2.75, 3.05) is 6.61 Å². The molecule has 1 aliphatic rings. The van der Waals surface area contributed by atoms with Crippen molar-refractivity contribution >= 4 is 63.1 Å². The van der Waals surface area contributed by atoms with Crippen molar-refractivity contribution in [2.24, 2.45) is 4.99 Å². The number of hydrogen-bond donors (Lipinski definition) is 0. The molecule has 0 saturated heterocycles. The number of esters is 1. The Morgan fingerprint density at radius 2 is 1.92 bits per heavy atom. The third-order valence-electron chi connectivity index (χ3n) is 3.34. The van der Waals surface area contributed by atoms with E-state index in [2.05, 4.69) is 50.2 Å². The first-order valence-corrected chi connectivity index (χ1v) is 9.54. The summed E-state index contributed by atoms with van der Waals surface area (Å²) in [6.45, 7) is 2.50. The van der Waals surface area contributed by atoms with Crippen LogP contribution in [0, 0.1) is 13.0 Å². The minimum Gasteiger partial charge on any atom is -0.492 e. The molecule has 0 aliphatic carbocycles. The van der Waals surface area contributed by atoms with Crippen LogP contribution in [0.4, 0.5) is 4.39 Å². The second kappa shape index (κ2) is 7.81. The lowest BCUT2D eigenvalue weighted by molar-refractivity contribution is -0.129. The Kier molecular flexibility index (Phi) is 5.72. The number of halogens is 3. The Hall–Kier alpha value is -1.49. The van der Waals surface area contributed by atoms with Crippen molar-refractivity contribution in [3.05, 3.63) is 66.2 Å². The lowest BCUT2D eigenvalue weighted by Crippen LogP contribution is -2.07. The van der Waals surface area contributed by atoms with Crippen LogP contribution < -0.4 is 4.74 Å². The predicted octanol–water partition coefficient (Wildman–Crippen LogP) is 4.78. The quantitative estimate of drug-likeness (QED) is 0.306. The van der Waals surface area contributed by atoms with Gasteiger partial charge in [0.1, 0.15) is 11.6 Å². The first-order chi connectivity index (χ1) is 12.0. The highest BCUT2D eigenvalue weighted by Gasteiger charge is 2.26. The molecular formula is C18H12FI2NO3. The number of ether oxygens (including phenoxy) is 2. The number of nitrogens with zero attached hydrogens (tertiary/aromatic N) is 1. The molecule has 0 atom stereocenters. The highest BCUT2D eigenvalue weighted by molar-refractivity contribution is 14.1. The van der Waals surface area contributed by atoms with Gasteiger partial charge in [0.15, 0.2) is 5.70 Å². The Balaban J connectivity index is 1.96. The zero-order valence-electron chi connectivity index (χ0n) is 13.1. The molecular weight excluding hydrogens is 551 g/mol. The largest absolute Gasteiger partial charge is 0.492 e. The molecule has 3 rings (SSSR count). The first kappa shape index (κ1) is 18.3. The van der Waals surface area contributed by atoms with E-state index in [4.69, 9.17) is 9.47 Å². The van der Waals surface area contributed by atoms with Gasteiger partial charge in [-0.3, -0.25) is 0 Å². The predicted molar refractivity (Wildman–Crippen MR) is 110 cm³/mol. The average Bonchev–Trinajstić information content (AvgIpc) is 2.92. The van der Waals surface area contributed by atoms with Crippen LogP contribution in [0.25, 0.3) is 6.08 Å². The number of benzene rings is 2. The molecule has 0 fully saturated rings. The number of carbonyl (C=O) groups is 1. The van der Waals surface area contributed by atoms with Gasteiger partial charge in [-0.05, 0) is 88.0 Å². The minimum absolute atomic E-state index is 0.0234. The van der Waals surface area contributed by atoms with E-state index in [1.165, 1.54) is 12.1 Å². The topological polar surface area (TPSA) is 47.9 Å². The normalized spacial score (nSPS) is 15.3. The van der Waals surface area contributed by atoms with E-state index in [0.29, 0.717) is 6.61 Å². The highest BCUT2D eigenvalue weighted by Crippen LogP contribution is 2.30. The molecule has 0 N–H and O–H groups in total. The second-order valence-electron chi connectivity index (χ2n) is 5.06. The summed E-state index contributed by atoms with van der Waals surface area (Å²) in [5.41, 5.74) is 1.09. The van der Waals surface area contributed by atoms with Crippen LogP contribution in [-0.2, 0) is 9.53 Å². The fourth-order valence-electron chi connectivity index (χ4n) is 2.26. The van der Waals surface area contributed by atoms with Gasteiger partial charge in [-0.15, -0.1) is 0 Å². The van der Waals surface area contributed by atoms with E-state index in [1.54, 1.807) is 18.2 Å². The molecule has 0 saturated carbocycles. The van der Waals surface area contributed by atoms with Gasteiger partial charge in [-0.25, -0.2) is 14.2 Å². The third-order valence-corrected chi connectivity index (χ3v) is 4.94. The van der Waals surface area contributed by atoms with Crippen LogP contribution in [0.3, 0.4) is 0 Å². The van der Waals surface area contributed by atoms with E-state index in [0.717, 1.165) is 18.5 Å². The number of carbonyl (C=O) groups excluding carboxylic acids is 1. The summed E-state index contributed by atoms with van der Waals surface area (Å²) in [6, 6.07) is 9.83. The second-order valence-corrected chi connectivity index (χ2v) is 7.39. The van der Waals surface area contributed by atoms with Gasteiger partial charge >= 0.3 is 5.97 Å². The Labute approximate surface area is 171 Å². The summed E-state index contributed by atoms with van der Waals surface area (Å²) >= 11 is 4.37. The summed E-state index contributed by atoms with van der Waals surface area (Å²) in [4.78, 5) is 16.2. The Morgan fingerprint density at radius 1 is 1.24 bits per heavy atom. The summed E-state index contributed by atoms with van der Waals surface area (Å²) in [7, 11) is 0. The van der Waals surface area contributed by atoms with Crippen molar-refractivity contribution in [1.29, 1.82) is 0 Å². The van der Waals surface area contributed by atoms with Gasteiger partial charge in [0, 0.05) is 0 Å². The van der Waals surface area contributed by atoms with Crippen molar-refractivity contribution in [1.82, 2.24) is 0 Å². The first-order valence-electron chi connectivity index (χ1n) is 7.39. The van der Waals surface area contributed by atoms with E-state index in [1.807, 2.05) is 19.1 Å². The molecule has 25 heavy (non-hydrogen) atoms. The Bertz CT molecular complexity index is 886. The molecule has 0 unspecified atom stereocenters. The van der Waals surface area contributed by atoms with Gasteiger partial charge in [-0.2, -0.15) is 0 Å². The number of hydrogen-bond acceptors (Lipinski definition) is 4. The van der Waals surface area contributed by atoms with Gasteiger partial charge in [-0.1, -0.05) is 12.1 Å². The zero-order chi connectivity index (χ0) is 18.0. The van der Waals surface area contributed by atoms with E-state index >= 15 is 0 Å². The molecule has 4 nitrogen and oxygen atoms in total. The van der Waals surface area contributed by atoms with Crippen molar-refractivity contribution in [3.63, 3.8) is 0 Å². The molecule has 0 aromatic heterocycles. The number of aliphatic imine (C=N–C) groups is 1. The SMILES string of the molecule is CCOc1c(I)cc(C=C2N=C(c3ccccc3F)OC2=O)cc1I. The summed E-state index contributed by atoms with van der Waals surface area (Å²) in [5.74, 6) is -0.294. The molecule has 0 spiro atoms. The number of cyclic esters (lactones) is 1. The molecule has 0 radical (unpaired) electrons. The van der Waals surface area contributed by atoms with Crippen LogP contribution in [0.15, 0.2) is 47.1 Å². The zero-order valence-corrected chi connectivity index (χ0v) is 17.4. The van der Waals surface area contributed by atoms with E-state index in [9.17, 15) is 9.18 Å². The molecule has 1 aliphatic heterocycles. The molecule has 2 aromatic carbocycles. The van der Waals surface area contributed by atoms with Crippen LogP contribution in [0.5, 0.6) is 5.75 Å². The van der Waals surface area contributed by atoms with Crippen LogP contribution in [-0.4, -0.2) is 18.5 Å². The van der Waals surface area contributed by atoms with Crippen LogP contribution >= 0.6 is 45.2 Å². The molecule has 128 valence electrons. The van der Waals surface area contributed by atoms with Crippen molar-refractivity contribution < 1.29 is 18.7 Å². The molecule has 0 bridgehead atoms. The smallest absolute Gasteiger partial charge is 0.363 e. The summed E-state index contributed by atoms with van der Waals surface area (Å²) in [5, 5.41) is 0. The third kappa shape index (κ3) is 4.02. The average molecular weight is 563 g/mol. The lowest BCUT2D eigenvalue weighted by atomic mass is 10.2. The Morgan fingerprint density at radius 3 is 2.56 bits per heavy atom. The van der Waals surface area contributed by atoms with Crippen molar-refractivity contribution in [2.45, 2.75) is 6.92 Å². The highest BCUT2D eigenvalue weighted by atomic mass is 127. The lowest BCUT2D eigenvalue weighted by Gasteiger charge is -2.09. The van der Waals surface area contributed by atoms with Gasteiger partial charge in [0.25, 0.3) is 0 Å². The maximum Gasteiger partial charge on any atom is 0.363 e. The van der Waals surface area contributed by atoms with Crippen LogP contribution in [0.1, 0.15) is 18.1 Å². The molecule has 1 heterocycles. The van der Waals surface area contributed by atoms with E-state index in [-0.39, 0.29) is 17.2 Å². The monoisotopic (exact) mass is 563 g/mol. The fourth-order valence-corrected chi connectivity index (χ4v) is 4.39. The van der Waals surface area contributed by atoms with Gasteiger partial charge in [0.05, 0.1) is 19.3 Å². The molecule has 2 aromatic rings. The summed E-state index contributed by atoms with van der Waals surface area (Å²) < 4.78 is 26.4. The van der Waals surface area contributed by atoms with Crippen molar-refractivity contribution in [3.8, 4) is 5.75 Å². The number of rotatable bonds is 4. The maximum absolute atomic E-state index is 13.8. The molecule has 7 heteroatoms. The standard InChI is InChI=1S/C18H12FI2NO3/c1-2-24-16-13(20)7-10(8-14(16)21)9-15-18(23)25-17(22-15)11-5-3-4-6-12(11)19/h3-9H,2H2,1H3. The van der Waals surface area contributed by atoms with E-state index < -0.39 is 11.8 Å². The minimum atomic E-state index is -0.600. The van der Waals surface area contributed by atoms with Gasteiger partial charge < -0.3 is 9.47 Å². The summed E-state index contributed by atoms with van der Waals surface area (Å²) in [6.07, 6.45) is 1.62. The fraction of sp³-hybridized carbons (Fsp3) is 0.111. The maximum atomic E-state index is 13.8. The molecule has 0 amide bonds. The van der Waals surface area contributed by atoms with Crippen LogP contribution in [0.2, 0.25) is 0 Å². The van der Waals surface area contributed by atoms with Gasteiger partial charge in [0.2, 0.25) is 5.90 Å².